The normalized spacial score (nSPS) is 15.7. The fraction of sp³-hybridized carbons (Fsp3) is 0.167. The molecule has 2 N–H and O–H groups in total. The topological polar surface area (TPSA) is 127 Å². The van der Waals surface area contributed by atoms with Crippen LogP contribution in [0.1, 0.15) is 20.7 Å². The number of carbonyl (C=O) groups excluding carboxylic acids is 4. The summed E-state index contributed by atoms with van der Waals surface area (Å²) in [7, 11) is 0. The first-order valence-corrected chi connectivity index (χ1v) is 5.36. The van der Waals surface area contributed by atoms with E-state index in [1.54, 1.807) is 0 Å². The van der Waals surface area contributed by atoms with E-state index in [1.165, 1.54) is 24.3 Å². The van der Waals surface area contributed by atoms with Gasteiger partial charge in [0.05, 0.1) is 0 Å². The minimum absolute atomic E-state index is 0.134. The molecule has 0 saturated heterocycles. The average molecular weight is 280 g/mol. The molecule has 1 aliphatic carbocycles. The van der Waals surface area contributed by atoms with Crippen molar-refractivity contribution < 1.29 is 39.2 Å². The molecule has 104 valence electrons. The van der Waals surface area contributed by atoms with Crippen LogP contribution in [0.2, 0.25) is 0 Å². The lowest BCUT2D eigenvalue weighted by Crippen LogP contribution is -2.50. The Bertz CT molecular complexity index is 583. The van der Waals surface area contributed by atoms with Crippen LogP contribution in [-0.4, -0.2) is 45.9 Å². The summed E-state index contributed by atoms with van der Waals surface area (Å²) in [5, 5.41) is 18.3. The highest BCUT2D eigenvalue weighted by Crippen LogP contribution is 2.31. The SMILES string of the molecule is O=C(CO)OOC(=O)C1(O)C(=O)c2ccccc2C1=O. The standard InChI is InChI=1S/C12H8O8/c13-5-8(14)19-20-11(17)12(18)9(15)6-3-1-2-4-7(6)10(12)16/h1-4,13,18H,5H2. The van der Waals surface area contributed by atoms with E-state index < -0.39 is 35.7 Å². The minimum atomic E-state index is -3.08. The van der Waals surface area contributed by atoms with Crippen molar-refractivity contribution in [3.05, 3.63) is 35.4 Å². The van der Waals surface area contributed by atoms with Gasteiger partial charge in [-0.05, 0) is 0 Å². The molecule has 8 nitrogen and oxygen atoms in total. The van der Waals surface area contributed by atoms with Gasteiger partial charge in [0.15, 0.2) is 0 Å². The van der Waals surface area contributed by atoms with Crippen molar-refractivity contribution in [1.82, 2.24) is 0 Å². The number of rotatable bonds is 2. The number of hydrogen-bond donors (Lipinski definition) is 2. The van der Waals surface area contributed by atoms with E-state index in [0.717, 1.165) is 0 Å². The van der Waals surface area contributed by atoms with E-state index in [2.05, 4.69) is 9.78 Å². The van der Waals surface area contributed by atoms with Crippen LogP contribution in [0.15, 0.2) is 24.3 Å². The highest BCUT2D eigenvalue weighted by atomic mass is 17.2. The summed E-state index contributed by atoms with van der Waals surface area (Å²) in [6.07, 6.45) is 0. The van der Waals surface area contributed by atoms with Gasteiger partial charge in [0.25, 0.3) is 5.60 Å². The largest absolute Gasteiger partial charge is 0.403 e. The van der Waals surface area contributed by atoms with Gasteiger partial charge in [0, 0.05) is 11.1 Å². The van der Waals surface area contributed by atoms with Crippen molar-refractivity contribution >= 4 is 23.5 Å². The summed E-state index contributed by atoms with van der Waals surface area (Å²) in [4.78, 5) is 53.8. The predicted molar refractivity (Wildman–Crippen MR) is 59.3 cm³/mol. The molecular weight excluding hydrogens is 272 g/mol. The highest BCUT2D eigenvalue weighted by molar-refractivity contribution is 6.41. The van der Waals surface area contributed by atoms with Crippen molar-refractivity contribution in [2.24, 2.45) is 0 Å². The zero-order valence-corrected chi connectivity index (χ0v) is 9.86. The molecule has 0 bridgehead atoms. The fourth-order valence-electron chi connectivity index (χ4n) is 1.73. The molecule has 8 heteroatoms. The first-order valence-electron chi connectivity index (χ1n) is 5.36. The van der Waals surface area contributed by atoms with Gasteiger partial charge in [-0.2, -0.15) is 0 Å². The Labute approximate surface area is 111 Å². The predicted octanol–water partition coefficient (Wildman–Crippen LogP) is -1.21. The molecule has 20 heavy (non-hydrogen) atoms. The zero-order valence-electron chi connectivity index (χ0n) is 9.86. The van der Waals surface area contributed by atoms with Crippen LogP contribution in [0.5, 0.6) is 0 Å². The monoisotopic (exact) mass is 280 g/mol. The van der Waals surface area contributed by atoms with E-state index >= 15 is 0 Å². The number of Topliss-reactive ketones (excluding diaryl/α,β-unsaturated/α-hetero) is 2. The number of carbonyl (C=O) groups is 4. The maximum Gasteiger partial charge on any atom is 0.403 e. The second-order valence-corrected chi connectivity index (χ2v) is 3.90. The summed E-state index contributed by atoms with van der Waals surface area (Å²) in [5.74, 6) is -5.39. The number of aliphatic hydroxyl groups excluding tert-OH is 1. The van der Waals surface area contributed by atoms with E-state index in [-0.39, 0.29) is 11.1 Å². The van der Waals surface area contributed by atoms with Crippen LogP contribution in [-0.2, 0) is 19.4 Å². The molecule has 1 aliphatic rings. The second kappa shape index (κ2) is 4.83. The molecule has 0 fully saturated rings. The van der Waals surface area contributed by atoms with Crippen molar-refractivity contribution in [3.8, 4) is 0 Å². The molecule has 1 aromatic rings. The number of ketones is 2. The average Bonchev–Trinajstić information content (AvgIpc) is 2.67. The quantitative estimate of drug-likeness (QED) is 0.392. The summed E-state index contributed by atoms with van der Waals surface area (Å²) in [6, 6.07) is 5.43. The van der Waals surface area contributed by atoms with Crippen molar-refractivity contribution in [1.29, 1.82) is 0 Å². The number of fused-ring (bicyclic) bond motifs is 1. The zero-order chi connectivity index (χ0) is 14.9. The molecule has 2 rings (SSSR count). The molecule has 0 atom stereocenters. The maximum atomic E-state index is 11.9. The molecule has 0 radical (unpaired) electrons. The molecule has 0 aromatic heterocycles. The van der Waals surface area contributed by atoms with Crippen LogP contribution in [0.25, 0.3) is 0 Å². The van der Waals surface area contributed by atoms with Gasteiger partial charge in [-0.25, -0.2) is 19.4 Å². The lowest BCUT2D eigenvalue weighted by molar-refractivity contribution is -0.266. The molecule has 0 heterocycles. The fourth-order valence-corrected chi connectivity index (χ4v) is 1.73. The Morgan fingerprint density at radius 2 is 1.55 bits per heavy atom. The summed E-state index contributed by atoms with van der Waals surface area (Å²) < 4.78 is 0. The van der Waals surface area contributed by atoms with Gasteiger partial charge in [-0.3, -0.25) is 9.59 Å². The number of hydrogen-bond acceptors (Lipinski definition) is 8. The summed E-state index contributed by atoms with van der Waals surface area (Å²) >= 11 is 0. The Hall–Kier alpha value is -2.58. The van der Waals surface area contributed by atoms with E-state index in [1.807, 2.05) is 0 Å². The number of benzene rings is 1. The van der Waals surface area contributed by atoms with Crippen molar-refractivity contribution in [2.45, 2.75) is 5.60 Å². The lowest BCUT2D eigenvalue weighted by atomic mass is 9.98. The second-order valence-electron chi connectivity index (χ2n) is 3.90. The first kappa shape index (κ1) is 13.8. The Morgan fingerprint density at radius 3 is 2.00 bits per heavy atom. The Morgan fingerprint density at radius 1 is 1.05 bits per heavy atom. The van der Waals surface area contributed by atoms with Gasteiger partial charge < -0.3 is 10.2 Å². The minimum Gasteiger partial charge on any atom is -0.384 e. The van der Waals surface area contributed by atoms with Gasteiger partial charge in [0.1, 0.15) is 6.61 Å². The molecule has 0 aliphatic heterocycles. The van der Waals surface area contributed by atoms with E-state index in [0.29, 0.717) is 0 Å². The summed E-state index contributed by atoms with van der Waals surface area (Å²) in [6.45, 7) is -1.08. The third-order valence-electron chi connectivity index (χ3n) is 2.71. The third-order valence-corrected chi connectivity index (χ3v) is 2.71. The van der Waals surface area contributed by atoms with Crippen molar-refractivity contribution in [3.63, 3.8) is 0 Å². The van der Waals surface area contributed by atoms with Crippen LogP contribution >= 0.6 is 0 Å². The van der Waals surface area contributed by atoms with E-state index in [4.69, 9.17) is 5.11 Å². The van der Waals surface area contributed by atoms with E-state index in [9.17, 15) is 24.3 Å². The molecule has 0 saturated carbocycles. The van der Waals surface area contributed by atoms with Crippen LogP contribution in [0.4, 0.5) is 0 Å². The molecule has 0 amide bonds. The maximum absolute atomic E-state index is 11.9. The first-order chi connectivity index (χ1) is 9.42. The van der Waals surface area contributed by atoms with Crippen LogP contribution < -0.4 is 0 Å². The smallest absolute Gasteiger partial charge is 0.384 e. The molecule has 0 unspecified atom stereocenters. The highest BCUT2D eigenvalue weighted by Gasteiger charge is 2.60. The van der Waals surface area contributed by atoms with Crippen molar-refractivity contribution in [2.75, 3.05) is 6.61 Å². The van der Waals surface area contributed by atoms with Gasteiger partial charge >= 0.3 is 11.9 Å². The lowest BCUT2D eigenvalue weighted by Gasteiger charge is -2.14. The Kier molecular flexibility index (Phi) is 3.35. The van der Waals surface area contributed by atoms with Crippen LogP contribution in [0, 0.1) is 0 Å². The van der Waals surface area contributed by atoms with Gasteiger partial charge in [-0.15, -0.1) is 0 Å². The van der Waals surface area contributed by atoms with Gasteiger partial charge in [0.2, 0.25) is 11.6 Å². The Balaban J connectivity index is 2.28. The molecule has 1 aromatic carbocycles. The van der Waals surface area contributed by atoms with Gasteiger partial charge in [-0.1, -0.05) is 24.3 Å². The third kappa shape index (κ3) is 1.87. The molecular formula is C12H8O8. The summed E-state index contributed by atoms with van der Waals surface area (Å²) in [5.41, 5.74) is -3.35. The molecule has 0 spiro atoms. The van der Waals surface area contributed by atoms with Crippen LogP contribution in [0.3, 0.4) is 0 Å². The number of aliphatic hydroxyl groups is 2.